The molecular formula is C24H25N3O3S. The van der Waals surface area contributed by atoms with Crippen LogP contribution in [0.3, 0.4) is 0 Å². The van der Waals surface area contributed by atoms with Gasteiger partial charge in [0.1, 0.15) is 5.69 Å². The first-order chi connectivity index (χ1) is 15.0. The van der Waals surface area contributed by atoms with E-state index in [0.29, 0.717) is 25.3 Å². The van der Waals surface area contributed by atoms with Crippen molar-refractivity contribution in [2.75, 3.05) is 26.2 Å². The van der Waals surface area contributed by atoms with Crippen LogP contribution in [-0.4, -0.2) is 54.3 Å². The molecule has 4 rings (SSSR count). The Kier molecular flexibility index (Phi) is 6.34. The number of amides is 1. The first-order valence-corrected chi connectivity index (χ1v) is 11.7. The lowest BCUT2D eigenvalue weighted by Gasteiger charge is -2.33. The molecular weight excluding hydrogens is 410 g/mol. The van der Waals surface area contributed by atoms with Crippen LogP contribution in [0, 0.1) is 0 Å². The summed E-state index contributed by atoms with van der Waals surface area (Å²) in [6.45, 7) is 1.92. The topological polar surface area (TPSA) is 62.6 Å². The molecule has 0 spiro atoms. The number of piperazine rings is 1. The maximum atomic E-state index is 13.1. The summed E-state index contributed by atoms with van der Waals surface area (Å²) in [5, 5.41) is 1.24. The van der Waals surface area contributed by atoms with Crippen molar-refractivity contribution < 1.29 is 13.2 Å². The molecule has 6 nitrogen and oxygen atoms in total. The fraction of sp³-hybridized carbons (Fsp3) is 0.208. The number of hydrogen-bond acceptors (Lipinski definition) is 3. The average molecular weight is 436 g/mol. The van der Waals surface area contributed by atoms with Gasteiger partial charge in [0, 0.05) is 44.3 Å². The molecule has 160 valence electrons. The quantitative estimate of drug-likeness (QED) is 0.597. The van der Waals surface area contributed by atoms with Gasteiger partial charge in [-0.05, 0) is 29.3 Å². The van der Waals surface area contributed by atoms with Crippen molar-refractivity contribution in [3.63, 3.8) is 0 Å². The second-order valence-corrected chi connectivity index (χ2v) is 9.28. The summed E-state index contributed by atoms with van der Waals surface area (Å²) in [5.74, 6) is -0.0715. The highest BCUT2D eigenvalue weighted by molar-refractivity contribution is 7.92. The standard InChI is InChI=1S/C24H25N3O3S/c28-24(23-12-7-14-26(23)20-22-10-5-2-6-11-22)25-15-17-27(18-16-25)31(29,30)19-13-21-8-3-1-4-9-21/h1-14,19H,15-18,20H2/b19-13+. The maximum absolute atomic E-state index is 13.1. The van der Waals surface area contributed by atoms with E-state index in [0.717, 1.165) is 11.1 Å². The molecule has 1 aliphatic heterocycles. The van der Waals surface area contributed by atoms with Gasteiger partial charge in [-0.3, -0.25) is 4.79 Å². The molecule has 0 unspecified atom stereocenters. The fourth-order valence-electron chi connectivity index (χ4n) is 3.65. The highest BCUT2D eigenvalue weighted by Crippen LogP contribution is 2.15. The smallest absolute Gasteiger partial charge is 0.270 e. The monoisotopic (exact) mass is 435 g/mol. The van der Waals surface area contributed by atoms with E-state index < -0.39 is 10.0 Å². The molecule has 3 aromatic rings. The lowest BCUT2D eigenvalue weighted by atomic mass is 10.2. The van der Waals surface area contributed by atoms with Crippen LogP contribution in [0.4, 0.5) is 0 Å². The Labute approximate surface area is 183 Å². The number of benzene rings is 2. The van der Waals surface area contributed by atoms with E-state index in [4.69, 9.17) is 0 Å². The van der Waals surface area contributed by atoms with Crippen molar-refractivity contribution >= 4 is 22.0 Å². The van der Waals surface area contributed by atoms with E-state index in [1.165, 1.54) is 9.71 Å². The zero-order valence-corrected chi connectivity index (χ0v) is 18.0. The van der Waals surface area contributed by atoms with E-state index in [-0.39, 0.29) is 19.0 Å². The second-order valence-electron chi connectivity index (χ2n) is 7.46. The molecule has 2 heterocycles. The highest BCUT2D eigenvalue weighted by atomic mass is 32.2. The minimum atomic E-state index is -3.52. The Morgan fingerprint density at radius 3 is 2.16 bits per heavy atom. The van der Waals surface area contributed by atoms with Crippen molar-refractivity contribution in [2.45, 2.75) is 6.54 Å². The highest BCUT2D eigenvalue weighted by Gasteiger charge is 2.28. The minimum absolute atomic E-state index is 0.0715. The summed E-state index contributed by atoms with van der Waals surface area (Å²) in [5.41, 5.74) is 2.57. The van der Waals surface area contributed by atoms with E-state index in [1.807, 2.05) is 83.6 Å². The van der Waals surface area contributed by atoms with Crippen LogP contribution in [-0.2, 0) is 16.6 Å². The molecule has 7 heteroatoms. The third-order valence-electron chi connectivity index (χ3n) is 5.36. The summed E-state index contributed by atoms with van der Waals surface area (Å²) in [6, 6.07) is 23.0. The number of carbonyl (C=O) groups excluding carboxylic acids is 1. The molecule has 1 saturated heterocycles. The molecule has 1 aromatic heterocycles. The number of rotatable bonds is 6. The number of nitrogens with zero attached hydrogens (tertiary/aromatic N) is 3. The van der Waals surface area contributed by atoms with Crippen LogP contribution < -0.4 is 0 Å². The molecule has 0 atom stereocenters. The molecule has 0 saturated carbocycles. The van der Waals surface area contributed by atoms with Crippen molar-refractivity contribution in [1.29, 1.82) is 0 Å². The van der Waals surface area contributed by atoms with Gasteiger partial charge in [0.25, 0.3) is 5.91 Å². The Bertz CT molecular complexity index is 1150. The average Bonchev–Trinajstić information content (AvgIpc) is 3.27. The molecule has 0 N–H and O–H groups in total. The third kappa shape index (κ3) is 5.13. The minimum Gasteiger partial charge on any atom is -0.339 e. The van der Waals surface area contributed by atoms with Gasteiger partial charge < -0.3 is 9.47 Å². The molecule has 1 aliphatic rings. The van der Waals surface area contributed by atoms with Gasteiger partial charge in [-0.15, -0.1) is 0 Å². The number of carbonyl (C=O) groups is 1. The lowest BCUT2D eigenvalue weighted by molar-refractivity contribution is 0.0688. The zero-order chi connectivity index (χ0) is 21.7. The fourth-order valence-corrected chi connectivity index (χ4v) is 4.82. The van der Waals surface area contributed by atoms with Gasteiger partial charge in [0.2, 0.25) is 10.0 Å². The number of sulfonamides is 1. The molecule has 1 fully saturated rings. The third-order valence-corrected chi connectivity index (χ3v) is 6.93. The van der Waals surface area contributed by atoms with Crippen molar-refractivity contribution in [3.05, 3.63) is 101 Å². The van der Waals surface area contributed by atoms with Crippen LogP contribution in [0.25, 0.3) is 6.08 Å². The SMILES string of the molecule is O=C(c1cccn1Cc1ccccc1)N1CCN(S(=O)(=O)/C=C/c2ccccc2)CC1. The van der Waals surface area contributed by atoms with Crippen molar-refractivity contribution in [3.8, 4) is 0 Å². The predicted molar refractivity (Wildman–Crippen MR) is 122 cm³/mol. The lowest BCUT2D eigenvalue weighted by Crippen LogP contribution is -2.50. The Balaban J connectivity index is 1.38. The summed E-state index contributed by atoms with van der Waals surface area (Å²) < 4.78 is 28.7. The van der Waals surface area contributed by atoms with Crippen molar-refractivity contribution in [2.24, 2.45) is 0 Å². The Morgan fingerprint density at radius 2 is 1.48 bits per heavy atom. The zero-order valence-electron chi connectivity index (χ0n) is 17.2. The van der Waals surface area contributed by atoms with Gasteiger partial charge in [-0.25, -0.2) is 8.42 Å². The second kappa shape index (κ2) is 9.32. The van der Waals surface area contributed by atoms with E-state index in [1.54, 1.807) is 11.0 Å². The van der Waals surface area contributed by atoms with Crippen LogP contribution >= 0.6 is 0 Å². The summed E-state index contributed by atoms with van der Waals surface area (Å²) in [6.07, 6.45) is 3.50. The summed E-state index contributed by atoms with van der Waals surface area (Å²) in [4.78, 5) is 14.8. The first-order valence-electron chi connectivity index (χ1n) is 10.2. The van der Waals surface area contributed by atoms with E-state index in [2.05, 4.69) is 0 Å². The van der Waals surface area contributed by atoms with Gasteiger partial charge in [-0.1, -0.05) is 60.7 Å². The van der Waals surface area contributed by atoms with Crippen LogP contribution in [0.2, 0.25) is 0 Å². The van der Waals surface area contributed by atoms with Gasteiger partial charge >= 0.3 is 0 Å². The van der Waals surface area contributed by atoms with Gasteiger partial charge in [-0.2, -0.15) is 4.31 Å². The summed E-state index contributed by atoms with van der Waals surface area (Å²) >= 11 is 0. The molecule has 0 radical (unpaired) electrons. The van der Waals surface area contributed by atoms with Gasteiger partial charge in [0.15, 0.2) is 0 Å². The number of hydrogen-bond donors (Lipinski definition) is 0. The van der Waals surface area contributed by atoms with E-state index >= 15 is 0 Å². The molecule has 0 bridgehead atoms. The normalized spacial score (nSPS) is 15.4. The number of aromatic nitrogens is 1. The van der Waals surface area contributed by atoms with Crippen LogP contribution in [0.5, 0.6) is 0 Å². The molecule has 31 heavy (non-hydrogen) atoms. The molecule has 2 aromatic carbocycles. The predicted octanol–water partition coefficient (Wildman–Crippen LogP) is 3.29. The largest absolute Gasteiger partial charge is 0.339 e. The van der Waals surface area contributed by atoms with Crippen molar-refractivity contribution in [1.82, 2.24) is 13.8 Å². The summed E-state index contributed by atoms with van der Waals surface area (Å²) in [7, 11) is -3.52. The van der Waals surface area contributed by atoms with Gasteiger partial charge in [0.05, 0.1) is 0 Å². The Morgan fingerprint density at radius 1 is 0.839 bits per heavy atom. The molecule has 1 amide bonds. The Hall–Kier alpha value is -3.16. The van der Waals surface area contributed by atoms with Crippen LogP contribution in [0.1, 0.15) is 21.6 Å². The molecule has 0 aliphatic carbocycles. The van der Waals surface area contributed by atoms with Crippen LogP contribution in [0.15, 0.2) is 84.4 Å². The maximum Gasteiger partial charge on any atom is 0.270 e. The van der Waals surface area contributed by atoms with E-state index in [9.17, 15) is 13.2 Å². The first kappa shape index (κ1) is 21.1.